The Morgan fingerprint density at radius 3 is 2.32 bits per heavy atom. The molecule has 2 aromatic rings. The molecule has 1 nitrogen and oxygen atoms in total. The number of allylic oxidation sites excluding steroid dienone is 3. The van der Waals surface area contributed by atoms with Gasteiger partial charge in [0.15, 0.2) is 0 Å². The van der Waals surface area contributed by atoms with Gasteiger partial charge in [0.1, 0.15) is 5.75 Å². The zero-order valence-electron chi connectivity index (χ0n) is 11.1. The van der Waals surface area contributed by atoms with Gasteiger partial charge in [0.2, 0.25) is 0 Å². The summed E-state index contributed by atoms with van der Waals surface area (Å²) >= 11 is 0. The van der Waals surface area contributed by atoms with Crippen LogP contribution in [0.4, 0.5) is 0 Å². The highest BCUT2D eigenvalue weighted by atomic mass is 16.5. The molecule has 0 saturated heterocycles. The Kier molecular flexibility index (Phi) is 5.00. The lowest BCUT2D eigenvalue weighted by Gasteiger charge is -2.00. The van der Waals surface area contributed by atoms with Crippen LogP contribution in [0.2, 0.25) is 0 Å². The van der Waals surface area contributed by atoms with E-state index in [1.807, 2.05) is 30.3 Å². The van der Waals surface area contributed by atoms with Crippen molar-refractivity contribution in [2.24, 2.45) is 0 Å². The van der Waals surface area contributed by atoms with E-state index < -0.39 is 0 Å². The van der Waals surface area contributed by atoms with Gasteiger partial charge in [0.05, 0.1) is 7.11 Å². The lowest BCUT2D eigenvalue weighted by atomic mass is 10.1. The monoisotopic (exact) mass is 250 g/mol. The topological polar surface area (TPSA) is 9.23 Å². The molecule has 0 saturated carbocycles. The van der Waals surface area contributed by atoms with Crippen LogP contribution in [0.5, 0.6) is 5.75 Å². The summed E-state index contributed by atoms with van der Waals surface area (Å²) in [7, 11) is 1.68. The maximum absolute atomic E-state index is 5.13. The van der Waals surface area contributed by atoms with Gasteiger partial charge in [0, 0.05) is 0 Å². The molecule has 0 atom stereocenters. The number of rotatable bonds is 5. The van der Waals surface area contributed by atoms with Gasteiger partial charge in [-0.2, -0.15) is 0 Å². The van der Waals surface area contributed by atoms with Crippen molar-refractivity contribution in [2.45, 2.75) is 6.42 Å². The van der Waals surface area contributed by atoms with Gasteiger partial charge in [-0.15, -0.1) is 0 Å². The van der Waals surface area contributed by atoms with Crippen LogP contribution in [-0.4, -0.2) is 7.11 Å². The van der Waals surface area contributed by atoms with Crippen molar-refractivity contribution in [3.63, 3.8) is 0 Å². The van der Waals surface area contributed by atoms with Gasteiger partial charge in [-0.1, -0.05) is 66.8 Å². The molecule has 0 bridgehead atoms. The van der Waals surface area contributed by atoms with Gasteiger partial charge in [0.25, 0.3) is 0 Å². The second-order valence-electron chi connectivity index (χ2n) is 4.25. The lowest BCUT2D eigenvalue weighted by Crippen LogP contribution is -1.84. The quantitative estimate of drug-likeness (QED) is 0.709. The minimum Gasteiger partial charge on any atom is -0.497 e. The van der Waals surface area contributed by atoms with Gasteiger partial charge in [-0.3, -0.25) is 0 Å². The van der Waals surface area contributed by atoms with E-state index in [1.165, 1.54) is 11.1 Å². The third kappa shape index (κ3) is 4.47. The van der Waals surface area contributed by atoms with E-state index >= 15 is 0 Å². The minimum absolute atomic E-state index is 0.900. The highest BCUT2D eigenvalue weighted by molar-refractivity contribution is 5.50. The highest BCUT2D eigenvalue weighted by Crippen LogP contribution is 2.11. The summed E-state index contributed by atoms with van der Waals surface area (Å²) in [4.78, 5) is 0. The van der Waals surface area contributed by atoms with E-state index in [-0.39, 0.29) is 0 Å². The summed E-state index contributed by atoms with van der Waals surface area (Å²) in [5, 5.41) is 0. The summed E-state index contributed by atoms with van der Waals surface area (Å²) in [5.41, 5.74) is 2.50. The Hall–Kier alpha value is -2.28. The molecule has 0 aliphatic carbocycles. The van der Waals surface area contributed by atoms with Crippen molar-refractivity contribution in [1.82, 2.24) is 0 Å². The molecule has 0 spiro atoms. The summed E-state index contributed by atoms with van der Waals surface area (Å²) in [6.07, 6.45) is 9.34. The van der Waals surface area contributed by atoms with Crippen LogP contribution >= 0.6 is 0 Å². The van der Waals surface area contributed by atoms with Crippen LogP contribution < -0.4 is 4.74 Å². The third-order valence-corrected chi connectivity index (χ3v) is 2.85. The van der Waals surface area contributed by atoms with Crippen LogP contribution in [0.25, 0.3) is 6.08 Å². The first-order valence-electron chi connectivity index (χ1n) is 6.39. The minimum atomic E-state index is 0.900. The summed E-state index contributed by atoms with van der Waals surface area (Å²) in [6, 6.07) is 18.4. The molecule has 0 unspecified atom stereocenters. The van der Waals surface area contributed by atoms with Crippen LogP contribution in [-0.2, 0) is 6.42 Å². The first kappa shape index (κ1) is 13.2. The molecular weight excluding hydrogens is 232 g/mol. The third-order valence-electron chi connectivity index (χ3n) is 2.85. The first-order chi connectivity index (χ1) is 9.38. The predicted octanol–water partition coefficient (Wildman–Crippen LogP) is 4.51. The first-order valence-corrected chi connectivity index (χ1v) is 6.39. The van der Waals surface area contributed by atoms with Gasteiger partial charge >= 0.3 is 0 Å². The van der Waals surface area contributed by atoms with Crippen LogP contribution in [0.3, 0.4) is 0 Å². The maximum atomic E-state index is 5.13. The zero-order valence-corrected chi connectivity index (χ0v) is 11.1. The smallest absolute Gasteiger partial charge is 0.118 e. The van der Waals surface area contributed by atoms with Crippen molar-refractivity contribution in [1.29, 1.82) is 0 Å². The summed E-state index contributed by atoms with van der Waals surface area (Å²) < 4.78 is 5.13. The van der Waals surface area contributed by atoms with Crippen molar-refractivity contribution >= 4 is 6.08 Å². The van der Waals surface area contributed by atoms with E-state index in [9.17, 15) is 0 Å². The Labute approximate surface area is 114 Å². The lowest BCUT2D eigenvalue weighted by molar-refractivity contribution is 0.414. The fourth-order valence-corrected chi connectivity index (χ4v) is 1.78. The molecular formula is C18H18O. The summed E-state index contributed by atoms with van der Waals surface area (Å²) in [5.74, 6) is 0.900. The Bertz CT molecular complexity index is 536. The average Bonchev–Trinajstić information content (AvgIpc) is 2.49. The number of hydrogen-bond donors (Lipinski definition) is 0. The average molecular weight is 250 g/mol. The molecule has 0 amide bonds. The molecule has 0 N–H and O–H groups in total. The van der Waals surface area contributed by atoms with E-state index in [2.05, 4.69) is 48.6 Å². The Balaban J connectivity index is 1.84. The van der Waals surface area contributed by atoms with Gasteiger partial charge in [-0.05, 0) is 29.7 Å². The molecule has 0 fully saturated rings. The second-order valence-corrected chi connectivity index (χ2v) is 4.25. The number of benzene rings is 2. The summed E-state index contributed by atoms with van der Waals surface area (Å²) in [6.45, 7) is 0. The van der Waals surface area contributed by atoms with E-state index in [4.69, 9.17) is 4.74 Å². The molecule has 96 valence electrons. The molecule has 0 aliphatic rings. The molecule has 19 heavy (non-hydrogen) atoms. The standard InChI is InChI=1S/C18H18O/c1-19-18-14-12-17(13-15-18)11-7-3-6-10-16-8-4-2-5-9-16/h2-10,12-15H,11H2,1H3. The van der Waals surface area contributed by atoms with Crippen LogP contribution in [0.15, 0.2) is 72.8 Å². The Morgan fingerprint density at radius 1 is 0.895 bits per heavy atom. The predicted molar refractivity (Wildman–Crippen MR) is 81.3 cm³/mol. The van der Waals surface area contributed by atoms with Crippen LogP contribution in [0, 0.1) is 0 Å². The second kappa shape index (κ2) is 7.22. The fourth-order valence-electron chi connectivity index (χ4n) is 1.78. The SMILES string of the molecule is COc1ccc(CC=CC=Cc2ccccc2)cc1. The van der Waals surface area contributed by atoms with Crippen molar-refractivity contribution in [3.05, 3.63) is 84.0 Å². The van der Waals surface area contributed by atoms with Gasteiger partial charge < -0.3 is 4.74 Å². The Morgan fingerprint density at radius 2 is 1.63 bits per heavy atom. The molecule has 0 radical (unpaired) electrons. The fraction of sp³-hybridized carbons (Fsp3) is 0.111. The largest absolute Gasteiger partial charge is 0.497 e. The number of ether oxygens (including phenoxy) is 1. The highest BCUT2D eigenvalue weighted by Gasteiger charge is 1.91. The molecule has 0 aromatic heterocycles. The maximum Gasteiger partial charge on any atom is 0.118 e. The number of hydrogen-bond acceptors (Lipinski definition) is 1. The molecule has 2 aromatic carbocycles. The van der Waals surface area contributed by atoms with E-state index in [0.29, 0.717) is 0 Å². The normalized spacial score (nSPS) is 11.2. The van der Waals surface area contributed by atoms with Crippen molar-refractivity contribution < 1.29 is 4.74 Å². The van der Waals surface area contributed by atoms with Crippen molar-refractivity contribution in [3.8, 4) is 5.75 Å². The zero-order chi connectivity index (χ0) is 13.3. The van der Waals surface area contributed by atoms with Gasteiger partial charge in [-0.25, -0.2) is 0 Å². The van der Waals surface area contributed by atoms with E-state index in [0.717, 1.165) is 12.2 Å². The molecule has 0 heterocycles. The molecule has 0 aliphatic heterocycles. The van der Waals surface area contributed by atoms with Crippen LogP contribution in [0.1, 0.15) is 11.1 Å². The number of methoxy groups -OCH3 is 1. The van der Waals surface area contributed by atoms with Crippen molar-refractivity contribution in [2.75, 3.05) is 7.11 Å². The van der Waals surface area contributed by atoms with E-state index in [1.54, 1.807) is 7.11 Å². The molecule has 1 heteroatoms. The molecule has 2 rings (SSSR count).